The van der Waals surface area contributed by atoms with Crippen molar-refractivity contribution in [2.24, 2.45) is 0 Å². The molecule has 1 heterocycles. The molecule has 3 rings (SSSR count). The molecule has 0 fully saturated rings. The van der Waals surface area contributed by atoms with Crippen LogP contribution in [0.15, 0.2) is 42.5 Å². The highest BCUT2D eigenvalue weighted by Crippen LogP contribution is 2.33. The zero-order valence-electron chi connectivity index (χ0n) is 19.4. The molecule has 3 aromatic rings. The lowest BCUT2D eigenvalue weighted by atomic mass is 9.98. The highest BCUT2D eigenvalue weighted by Gasteiger charge is 2.32. The van der Waals surface area contributed by atoms with E-state index in [0.717, 1.165) is 5.56 Å². The molecule has 7 nitrogen and oxygen atoms in total. The van der Waals surface area contributed by atoms with Crippen molar-refractivity contribution >= 4 is 52.4 Å². The second-order valence-electron chi connectivity index (χ2n) is 8.91. The first kappa shape index (κ1) is 25.6. The molecule has 0 saturated carbocycles. The number of nitrogens with zero attached hydrogens (tertiary/aromatic N) is 1. The second kappa shape index (κ2) is 10.5. The summed E-state index contributed by atoms with van der Waals surface area (Å²) < 4.78 is 5.10. The third-order valence-corrected chi connectivity index (χ3v) is 5.49. The van der Waals surface area contributed by atoms with Crippen LogP contribution in [0.25, 0.3) is 10.9 Å². The molecular weight excluding hydrogens is 477 g/mol. The summed E-state index contributed by atoms with van der Waals surface area (Å²) in [6.45, 7) is 7.66. The van der Waals surface area contributed by atoms with Crippen molar-refractivity contribution in [2.45, 2.75) is 45.8 Å². The van der Waals surface area contributed by atoms with Gasteiger partial charge in [0.25, 0.3) is 0 Å². The third-order valence-electron chi connectivity index (χ3n) is 5.02. The number of aromatic amines is 1. The highest BCUT2D eigenvalue weighted by atomic mass is 35.5. The van der Waals surface area contributed by atoms with E-state index in [1.165, 1.54) is 4.90 Å². The Morgan fingerprint density at radius 2 is 1.79 bits per heavy atom. The molecule has 2 amide bonds. The molecule has 0 radical (unpaired) electrons. The maximum atomic E-state index is 13.5. The number of fused-ring (bicyclic) bond motifs is 1. The summed E-state index contributed by atoms with van der Waals surface area (Å²) in [7, 11) is 0. The average Bonchev–Trinajstić information content (AvgIpc) is 3.17. The number of halogens is 2. The molecule has 1 atom stereocenters. The van der Waals surface area contributed by atoms with E-state index in [1.807, 2.05) is 20.8 Å². The van der Waals surface area contributed by atoms with Crippen molar-refractivity contribution in [3.05, 3.63) is 69.3 Å². The molecule has 1 aromatic heterocycles. The van der Waals surface area contributed by atoms with Crippen molar-refractivity contribution in [2.75, 3.05) is 6.61 Å². The number of esters is 1. The first-order chi connectivity index (χ1) is 16.0. The molecule has 9 heteroatoms. The van der Waals surface area contributed by atoms with Gasteiger partial charge in [0.05, 0.1) is 6.61 Å². The number of hydrogen-bond acceptors (Lipinski definition) is 4. The Morgan fingerprint density at radius 1 is 1.12 bits per heavy atom. The Kier molecular flexibility index (Phi) is 7.89. The molecule has 2 N–H and O–H groups in total. The minimum Gasteiger partial charge on any atom is -0.461 e. The van der Waals surface area contributed by atoms with Crippen molar-refractivity contribution in [3.63, 3.8) is 0 Å². The van der Waals surface area contributed by atoms with Crippen LogP contribution in [0.3, 0.4) is 0 Å². The summed E-state index contributed by atoms with van der Waals surface area (Å²) in [4.78, 5) is 42.5. The Morgan fingerprint density at radius 3 is 2.38 bits per heavy atom. The van der Waals surface area contributed by atoms with Gasteiger partial charge >= 0.3 is 5.97 Å². The lowest BCUT2D eigenvalue weighted by Gasteiger charge is -2.31. The molecule has 2 aromatic carbocycles. The third kappa shape index (κ3) is 6.10. The van der Waals surface area contributed by atoms with Gasteiger partial charge in [-0.15, -0.1) is 0 Å². The minimum absolute atomic E-state index is 0.159. The van der Waals surface area contributed by atoms with Gasteiger partial charge in [0.1, 0.15) is 11.7 Å². The Labute approximate surface area is 208 Å². The van der Waals surface area contributed by atoms with Crippen LogP contribution in [-0.2, 0) is 20.9 Å². The van der Waals surface area contributed by atoms with E-state index in [9.17, 15) is 14.4 Å². The molecule has 0 spiro atoms. The summed E-state index contributed by atoms with van der Waals surface area (Å²) in [5, 5.41) is 4.46. The zero-order chi connectivity index (χ0) is 25.0. The fourth-order valence-corrected chi connectivity index (χ4v) is 4.03. The van der Waals surface area contributed by atoms with Crippen molar-refractivity contribution < 1.29 is 19.1 Å². The average molecular weight is 504 g/mol. The molecule has 0 aliphatic rings. The minimum atomic E-state index is -1.01. The van der Waals surface area contributed by atoms with E-state index < -0.39 is 17.6 Å². The number of amides is 2. The number of H-pyrrole nitrogens is 1. The van der Waals surface area contributed by atoms with Crippen molar-refractivity contribution in [3.8, 4) is 0 Å². The van der Waals surface area contributed by atoms with Crippen molar-refractivity contribution in [1.29, 1.82) is 0 Å². The fraction of sp³-hybridized carbons (Fsp3) is 0.320. The van der Waals surface area contributed by atoms with Gasteiger partial charge in [-0.25, -0.2) is 4.79 Å². The van der Waals surface area contributed by atoms with Gasteiger partial charge in [-0.2, -0.15) is 0 Å². The number of carbonyl (C=O) groups excluding carboxylic acids is 3. The van der Waals surface area contributed by atoms with Crippen molar-refractivity contribution in [1.82, 2.24) is 15.2 Å². The molecule has 0 aliphatic carbocycles. The van der Waals surface area contributed by atoms with E-state index in [-0.39, 0.29) is 24.8 Å². The normalized spacial score (nSPS) is 12.3. The quantitative estimate of drug-likeness (QED) is 0.323. The van der Waals surface area contributed by atoms with Crippen LogP contribution in [0, 0.1) is 0 Å². The number of rotatable bonds is 8. The summed E-state index contributed by atoms with van der Waals surface area (Å²) >= 11 is 12.4. The Hall–Kier alpha value is -3.03. The van der Waals surface area contributed by atoms with Gasteiger partial charge in [-0.3, -0.25) is 9.59 Å². The van der Waals surface area contributed by atoms with E-state index in [4.69, 9.17) is 27.9 Å². The Balaban J connectivity index is 2.14. The number of carbonyl (C=O) groups is 3. The first-order valence-corrected chi connectivity index (χ1v) is 11.5. The van der Waals surface area contributed by atoms with E-state index in [1.54, 1.807) is 49.4 Å². The summed E-state index contributed by atoms with van der Waals surface area (Å²) in [5.74, 6) is -0.902. The standard InChI is InChI=1S/C25H27Cl2N3O4/c1-5-34-24(33)21-12-18-19(10-17(27)11-20(18)28-21)22(23(32)29-25(2,3)4)30(14-31)13-15-6-8-16(26)9-7-15/h6-12,14,22,28H,5,13H2,1-4H3,(H,29,32). The summed E-state index contributed by atoms with van der Waals surface area (Å²) in [6, 6.07) is 10.9. The van der Waals surface area contributed by atoms with Gasteiger partial charge in [0.15, 0.2) is 0 Å². The van der Waals surface area contributed by atoms with Gasteiger partial charge in [0.2, 0.25) is 12.3 Å². The lowest BCUT2D eigenvalue weighted by Crippen LogP contribution is -2.47. The number of aromatic nitrogens is 1. The number of ether oxygens (including phenoxy) is 1. The summed E-state index contributed by atoms with van der Waals surface area (Å²) in [5.41, 5.74) is 1.51. The second-order valence-corrected chi connectivity index (χ2v) is 9.78. The predicted octanol–water partition coefficient (Wildman–Crippen LogP) is 5.27. The summed E-state index contributed by atoms with van der Waals surface area (Å²) in [6.07, 6.45) is 0.632. The molecule has 34 heavy (non-hydrogen) atoms. The number of benzene rings is 2. The van der Waals surface area contributed by atoms with Crippen LogP contribution in [0.2, 0.25) is 10.0 Å². The molecule has 0 aliphatic heterocycles. The maximum absolute atomic E-state index is 13.5. The van der Waals surface area contributed by atoms with Crippen LogP contribution in [0.4, 0.5) is 0 Å². The van der Waals surface area contributed by atoms with Gasteiger partial charge in [0, 0.05) is 33.0 Å². The molecule has 0 bridgehead atoms. The smallest absolute Gasteiger partial charge is 0.354 e. The van der Waals surface area contributed by atoms with Crippen LogP contribution in [0.1, 0.15) is 55.4 Å². The molecule has 180 valence electrons. The maximum Gasteiger partial charge on any atom is 0.354 e. The zero-order valence-corrected chi connectivity index (χ0v) is 21.0. The molecular formula is C25H27Cl2N3O4. The first-order valence-electron chi connectivity index (χ1n) is 10.8. The van der Waals surface area contributed by atoms with Crippen LogP contribution < -0.4 is 5.32 Å². The monoisotopic (exact) mass is 503 g/mol. The van der Waals surface area contributed by atoms with E-state index in [2.05, 4.69) is 10.3 Å². The fourth-order valence-electron chi connectivity index (χ4n) is 3.67. The SMILES string of the molecule is CCOC(=O)c1cc2c(C(C(=O)NC(C)(C)C)N(C=O)Cc3ccc(Cl)cc3)cc(Cl)cc2[nH]1. The molecule has 0 saturated heterocycles. The Bertz CT molecular complexity index is 1200. The molecule has 1 unspecified atom stereocenters. The number of hydrogen-bond donors (Lipinski definition) is 2. The topological polar surface area (TPSA) is 91.5 Å². The van der Waals surface area contributed by atoms with E-state index in [0.29, 0.717) is 32.9 Å². The van der Waals surface area contributed by atoms with Crippen LogP contribution in [0.5, 0.6) is 0 Å². The number of nitrogens with one attached hydrogen (secondary N) is 2. The van der Waals surface area contributed by atoms with Gasteiger partial charge < -0.3 is 19.9 Å². The van der Waals surface area contributed by atoms with Gasteiger partial charge in [-0.1, -0.05) is 35.3 Å². The highest BCUT2D eigenvalue weighted by molar-refractivity contribution is 6.31. The lowest BCUT2D eigenvalue weighted by molar-refractivity contribution is -0.134. The van der Waals surface area contributed by atoms with Crippen LogP contribution >= 0.6 is 23.2 Å². The largest absolute Gasteiger partial charge is 0.461 e. The van der Waals surface area contributed by atoms with Crippen LogP contribution in [-0.4, -0.2) is 40.3 Å². The van der Waals surface area contributed by atoms with E-state index >= 15 is 0 Å². The predicted molar refractivity (Wildman–Crippen MR) is 133 cm³/mol. The van der Waals surface area contributed by atoms with Gasteiger partial charge in [-0.05, 0) is 69.2 Å².